The second kappa shape index (κ2) is 9.31. The average Bonchev–Trinajstić information content (AvgIpc) is 3.06. The zero-order chi connectivity index (χ0) is 22.6. The Kier molecular flexibility index (Phi) is 6.76. The Hall–Kier alpha value is -3.18. The molecule has 1 aromatic heterocycles. The van der Waals surface area contributed by atoms with Gasteiger partial charge in [-0.1, -0.05) is 11.8 Å². The fourth-order valence-electron chi connectivity index (χ4n) is 2.75. The third-order valence-corrected chi connectivity index (χ3v) is 5.77. The first-order valence-corrected chi connectivity index (χ1v) is 12.0. The predicted molar refractivity (Wildman–Crippen MR) is 121 cm³/mol. The van der Waals surface area contributed by atoms with Crippen molar-refractivity contribution in [2.24, 2.45) is 7.05 Å². The average molecular weight is 460 g/mol. The van der Waals surface area contributed by atoms with Crippen molar-refractivity contribution in [1.29, 1.82) is 0 Å². The van der Waals surface area contributed by atoms with Crippen LogP contribution in [0.15, 0.2) is 53.7 Å². The molecule has 31 heavy (non-hydrogen) atoms. The van der Waals surface area contributed by atoms with E-state index in [0.29, 0.717) is 27.9 Å². The molecular formula is C20H21N5O4S2. The molecule has 0 spiro atoms. The minimum absolute atomic E-state index is 0.0693. The lowest BCUT2D eigenvalue weighted by Gasteiger charge is -2.07. The summed E-state index contributed by atoms with van der Waals surface area (Å²) in [5.74, 6) is 0.539. The summed E-state index contributed by atoms with van der Waals surface area (Å²) in [6.07, 6.45) is 1.09. The van der Waals surface area contributed by atoms with Crippen LogP contribution in [0.4, 0.5) is 11.4 Å². The Morgan fingerprint density at radius 2 is 1.61 bits per heavy atom. The number of nitrogens with one attached hydrogen (secondary N) is 2. The first kappa shape index (κ1) is 22.5. The minimum atomic E-state index is -3.34. The predicted octanol–water partition coefficient (Wildman–Crippen LogP) is 2.79. The summed E-state index contributed by atoms with van der Waals surface area (Å²) in [6.45, 7) is 1.42. The Balaban J connectivity index is 1.65. The zero-order valence-corrected chi connectivity index (χ0v) is 18.8. The number of amides is 1. The van der Waals surface area contributed by atoms with Gasteiger partial charge in [0.05, 0.1) is 12.0 Å². The van der Waals surface area contributed by atoms with Crippen molar-refractivity contribution in [2.45, 2.75) is 12.1 Å². The minimum Gasteiger partial charge on any atom is -0.326 e. The fourth-order valence-corrected chi connectivity index (χ4v) is 4.12. The van der Waals surface area contributed by atoms with Crippen molar-refractivity contribution in [3.8, 4) is 11.4 Å². The number of carbonyl (C=O) groups is 2. The van der Waals surface area contributed by atoms with Crippen molar-refractivity contribution in [3.63, 3.8) is 0 Å². The Morgan fingerprint density at radius 1 is 1.00 bits per heavy atom. The van der Waals surface area contributed by atoms with Gasteiger partial charge in [-0.3, -0.25) is 14.3 Å². The first-order chi connectivity index (χ1) is 14.6. The third kappa shape index (κ3) is 6.15. The highest BCUT2D eigenvalue weighted by Gasteiger charge is 2.14. The molecule has 1 amide bonds. The maximum Gasteiger partial charge on any atom is 0.229 e. The van der Waals surface area contributed by atoms with Crippen LogP contribution >= 0.6 is 11.8 Å². The van der Waals surface area contributed by atoms with Gasteiger partial charge in [0.15, 0.2) is 16.8 Å². The molecule has 162 valence electrons. The van der Waals surface area contributed by atoms with Crippen LogP contribution in [0.5, 0.6) is 0 Å². The quantitative estimate of drug-likeness (QED) is 0.392. The van der Waals surface area contributed by atoms with Crippen LogP contribution in [-0.2, 0) is 21.9 Å². The van der Waals surface area contributed by atoms with Crippen LogP contribution in [0.25, 0.3) is 11.4 Å². The molecular weight excluding hydrogens is 438 g/mol. The van der Waals surface area contributed by atoms with Crippen molar-refractivity contribution in [1.82, 2.24) is 14.8 Å². The first-order valence-electron chi connectivity index (χ1n) is 9.13. The molecule has 0 aliphatic carbocycles. The molecule has 0 aliphatic rings. The summed E-state index contributed by atoms with van der Waals surface area (Å²) in [6, 6.07) is 13.5. The number of benzene rings is 2. The Bertz CT molecular complexity index is 1200. The lowest BCUT2D eigenvalue weighted by atomic mass is 10.1. The van der Waals surface area contributed by atoms with E-state index in [1.165, 1.54) is 18.7 Å². The number of sulfonamides is 1. The molecule has 0 bridgehead atoms. The van der Waals surface area contributed by atoms with Gasteiger partial charge in [-0.25, -0.2) is 8.42 Å². The van der Waals surface area contributed by atoms with Crippen LogP contribution in [-0.4, -0.2) is 46.9 Å². The topological polar surface area (TPSA) is 123 Å². The molecule has 2 aromatic carbocycles. The number of rotatable bonds is 8. The normalized spacial score (nSPS) is 11.2. The third-order valence-electron chi connectivity index (χ3n) is 4.14. The molecule has 0 saturated heterocycles. The SMILES string of the molecule is CC(=O)Nc1ccc(C(=O)CSc2nnc(-c3ccc(NS(C)(=O)=O)cc3)n2C)cc1. The smallest absolute Gasteiger partial charge is 0.229 e. The Labute approximate surface area is 184 Å². The summed E-state index contributed by atoms with van der Waals surface area (Å²) in [5, 5.41) is 11.6. The van der Waals surface area contributed by atoms with Crippen LogP contribution < -0.4 is 10.0 Å². The molecule has 0 radical (unpaired) electrons. The highest BCUT2D eigenvalue weighted by molar-refractivity contribution is 7.99. The van der Waals surface area contributed by atoms with E-state index in [-0.39, 0.29) is 17.4 Å². The summed E-state index contributed by atoms with van der Waals surface area (Å²) < 4.78 is 26.8. The number of carbonyl (C=O) groups excluding carboxylic acids is 2. The van der Waals surface area contributed by atoms with Gasteiger partial charge in [-0.2, -0.15) is 0 Å². The standard InChI is InChI=1S/C20H21N5O4S2/c1-13(26)21-16-8-4-14(5-9-16)18(27)12-30-20-23-22-19(25(20)2)15-6-10-17(11-7-15)24-31(3,28)29/h4-11,24H,12H2,1-3H3,(H,21,26). The van der Waals surface area contributed by atoms with Crippen molar-refractivity contribution >= 4 is 44.9 Å². The second-order valence-corrected chi connectivity index (χ2v) is 9.48. The largest absolute Gasteiger partial charge is 0.326 e. The van der Waals surface area contributed by atoms with Gasteiger partial charge in [0.2, 0.25) is 15.9 Å². The molecule has 3 rings (SSSR count). The van der Waals surface area contributed by atoms with E-state index < -0.39 is 10.0 Å². The molecule has 9 nitrogen and oxygen atoms in total. The number of ketones is 1. The number of hydrogen-bond acceptors (Lipinski definition) is 7. The van der Waals surface area contributed by atoms with E-state index in [9.17, 15) is 18.0 Å². The molecule has 1 heterocycles. The van der Waals surface area contributed by atoms with Crippen LogP contribution in [0, 0.1) is 0 Å². The molecule has 0 atom stereocenters. The number of thioether (sulfide) groups is 1. The lowest BCUT2D eigenvalue weighted by Crippen LogP contribution is -2.09. The van der Waals surface area contributed by atoms with Gasteiger partial charge >= 0.3 is 0 Å². The van der Waals surface area contributed by atoms with E-state index in [0.717, 1.165) is 11.8 Å². The lowest BCUT2D eigenvalue weighted by molar-refractivity contribution is -0.114. The summed E-state index contributed by atoms with van der Waals surface area (Å²) in [7, 11) is -1.54. The van der Waals surface area contributed by atoms with Crippen molar-refractivity contribution in [3.05, 3.63) is 54.1 Å². The number of Topliss-reactive ketones (excluding diaryl/α,β-unsaturated/α-hetero) is 1. The van der Waals surface area contributed by atoms with Crippen molar-refractivity contribution in [2.75, 3.05) is 22.0 Å². The maximum atomic E-state index is 12.5. The second-order valence-electron chi connectivity index (χ2n) is 6.79. The van der Waals surface area contributed by atoms with Gasteiger partial charge < -0.3 is 9.88 Å². The van der Waals surface area contributed by atoms with Gasteiger partial charge in [0.25, 0.3) is 0 Å². The summed E-state index contributed by atoms with van der Waals surface area (Å²) in [5.41, 5.74) is 2.39. The number of aromatic nitrogens is 3. The van der Waals surface area contributed by atoms with E-state index >= 15 is 0 Å². The van der Waals surface area contributed by atoms with Crippen LogP contribution in [0.1, 0.15) is 17.3 Å². The molecule has 0 aliphatic heterocycles. The summed E-state index contributed by atoms with van der Waals surface area (Å²) in [4.78, 5) is 23.5. The van der Waals surface area contributed by atoms with E-state index in [2.05, 4.69) is 20.2 Å². The van der Waals surface area contributed by atoms with E-state index in [1.54, 1.807) is 60.1 Å². The fraction of sp³-hybridized carbons (Fsp3) is 0.200. The number of hydrogen-bond donors (Lipinski definition) is 2. The van der Waals surface area contributed by atoms with Gasteiger partial charge in [-0.05, 0) is 48.5 Å². The molecule has 11 heteroatoms. The van der Waals surface area contributed by atoms with Gasteiger partial charge in [0.1, 0.15) is 0 Å². The van der Waals surface area contributed by atoms with Gasteiger partial charge in [-0.15, -0.1) is 10.2 Å². The molecule has 0 unspecified atom stereocenters. The highest BCUT2D eigenvalue weighted by Crippen LogP contribution is 2.25. The summed E-state index contributed by atoms with van der Waals surface area (Å²) >= 11 is 1.27. The van der Waals surface area contributed by atoms with Crippen LogP contribution in [0.2, 0.25) is 0 Å². The van der Waals surface area contributed by atoms with Gasteiger partial charge in [0, 0.05) is 36.5 Å². The molecule has 0 saturated carbocycles. The maximum absolute atomic E-state index is 12.5. The molecule has 2 N–H and O–H groups in total. The molecule has 3 aromatic rings. The zero-order valence-electron chi connectivity index (χ0n) is 17.1. The number of anilines is 2. The highest BCUT2D eigenvalue weighted by atomic mass is 32.2. The van der Waals surface area contributed by atoms with E-state index in [1.807, 2.05) is 0 Å². The van der Waals surface area contributed by atoms with Crippen LogP contribution in [0.3, 0.4) is 0 Å². The van der Waals surface area contributed by atoms with Crippen molar-refractivity contribution < 1.29 is 18.0 Å². The number of nitrogens with zero attached hydrogens (tertiary/aromatic N) is 3. The monoisotopic (exact) mass is 459 g/mol. The molecule has 0 fully saturated rings. The van der Waals surface area contributed by atoms with E-state index in [4.69, 9.17) is 0 Å². The Morgan fingerprint density at radius 3 is 2.19 bits per heavy atom.